The molecule has 0 aliphatic rings. The Labute approximate surface area is 378 Å². The van der Waals surface area contributed by atoms with Gasteiger partial charge in [-0.2, -0.15) is 0 Å². The zero-order valence-corrected chi connectivity index (χ0v) is 37.7. The summed E-state index contributed by atoms with van der Waals surface area (Å²) in [5.41, 5.74) is 2.44. The molecule has 0 spiro atoms. The Morgan fingerprint density at radius 2 is 0.708 bits per heavy atom. The zero-order chi connectivity index (χ0) is 46.7. The molecule has 0 saturated carbocycles. The van der Waals surface area contributed by atoms with Gasteiger partial charge in [0.1, 0.15) is 57.1 Å². The van der Waals surface area contributed by atoms with E-state index in [9.17, 15) is 19.2 Å². The van der Waals surface area contributed by atoms with Crippen molar-refractivity contribution >= 4 is 23.9 Å². The summed E-state index contributed by atoms with van der Waals surface area (Å²) in [6, 6.07) is 36.4. The minimum absolute atomic E-state index is 0.231. The Hall–Kier alpha value is -7.60. The second kappa shape index (κ2) is 21.2. The van der Waals surface area contributed by atoms with Crippen LogP contribution in [0.2, 0.25) is 0 Å². The number of methoxy groups -OCH3 is 2. The summed E-state index contributed by atoms with van der Waals surface area (Å²) in [5, 5.41) is 0. The van der Waals surface area contributed by atoms with E-state index in [1.165, 1.54) is 62.8 Å². The Balaban J connectivity index is 0.996. The van der Waals surface area contributed by atoms with Crippen LogP contribution in [0.15, 0.2) is 133 Å². The van der Waals surface area contributed by atoms with E-state index in [0.29, 0.717) is 59.5 Å². The van der Waals surface area contributed by atoms with Gasteiger partial charge in [-0.05, 0) is 120 Å². The Kier molecular flexibility index (Phi) is 15.3. The summed E-state index contributed by atoms with van der Waals surface area (Å²) in [6.45, 7) is 13.3. The molecule has 0 bridgehead atoms. The molecule has 0 N–H and O–H groups in total. The molecule has 0 fully saturated rings. The van der Waals surface area contributed by atoms with Gasteiger partial charge in [0, 0.05) is 17.5 Å². The van der Waals surface area contributed by atoms with E-state index in [4.69, 9.17) is 37.9 Å². The van der Waals surface area contributed by atoms with Crippen LogP contribution >= 0.6 is 0 Å². The Morgan fingerprint density at radius 1 is 0.415 bits per heavy atom. The second-order valence-corrected chi connectivity index (χ2v) is 16.4. The quantitative estimate of drug-likeness (QED) is 0.0599. The molecule has 65 heavy (non-hydrogen) atoms. The van der Waals surface area contributed by atoms with Crippen molar-refractivity contribution in [1.29, 1.82) is 0 Å². The summed E-state index contributed by atoms with van der Waals surface area (Å²) in [6.07, 6.45) is 0. The summed E-state index contributed by atoms with van der Waals surface area (Å²) in [7, 11) is 2.93. The van der Waals surface area contributed by atoms with Gasteiger partial charge in [-0.3, -0.25) is 0 Å². The first kappa shape index (κ1) is 46.9. The molecule has 0 saturated heterocycles. The van der Waals surface area contributed by atoms with Crippen LogP contribution in [0.5, 0.6) is 46.0 Å². The molecule has 0 radical (unpaired) electrons. The molecule has 0 heterocycles. The van der Waals surface area contributed by atoms with Crippen LogP contribution in [-0.4, -0.2) is 51.3 Å². The molecule has 6 rings (SSSR count). The SMILES string of the molecule is COc1cc(OCC(C)C)ccc1C(=O)Oc1ccc(C(=O)Oc2ccc(C(C)(C)c3ccc(OC(=O)c4ccc(OC(=O)c5ccc(OCC(C)C)cc5OC)cc4)cc3)cc2)cc1. The first-order valence-electron chi connectivity index (χ1n) is 21.0. The number of hydrogen-bond donors (Lipinski definition) is 0. The molecule has 12 heteroatoms. The maximum atomic E-state index is 13.0. The molecule has 0 unspecified atom stereocenters. The highest BCUT2D eigenvalue weighted by atomic mass is 16.6. The van der Waals surface area contributed by atoms with Crippen LogP contribution < -0.4 is 37.9 Å². The van der Waals surface area contributed by atoms with Gasteiger partial charge in [0.25, 0.3) is 0 Å². The maximum Gasteiger partial charge on any atom is 0.347 e. The first-order chi connectivity index (χ1) is 31.1. The van der Waals surface area contributed by atoms with Gasteiger partial charge in [0.15, 0.2) is 0 Å². The van der Waals surface area contributed by atoms with Crippen molar-refractivity contribution in [3.05, 3.63) is 167 Å². The monoisotopic (exact) mass is 880 g/mol. The summed E-state index contributed by atoms with van der Waals surface area (Å²) < 4.78 is 44.6. The lowest BCUT2D eigenvalue weighted by Gasteiger charge is -2.26. The van der Waals surface area contributed by atoms with Crippen LogP contribution in [0, 0.1) is 11.8 Å². The van der Waals surface area contributed by atoms with Crippen molar-refractivity contribution in [2.75, 3.05) is 27.4 Å². The third-order valence-corrected chi connectivity index (χ3v) is 10.1. The number of rotatable bonds is 18. The highest BCUT2D eigenvalue weighted by Crippen LogP contribution is 2.34. The highest BCUT2D eigenvalue weighted by Gasteiger charge is 2.24. The first-order valence-corrected chi connectivity index (χ1v) is 21.0. The van der Waals surface area contributed by atoms with Crippen molar-refractivity contribution in [2.24, 2.45) is 11.8 Å². The van der Waals surface area contributed by atoms with Crippen LogP contribution in [0.25, 0.3) is 0 Å². The number of benzene rings is 6. The standard InChI is InChI=1S/C53H52O12/c1-33(2)31-60-43-25-27-45(47(29-43)58-7)51(56)64-39-17-9-35(10-18-39)49(54)62-41-21-13-37(14-22-41)53(5,6)38-15-23-42(24-16-38)63-50(55)36-11-19-40(20-12-36)65-52(57)46-28-26-44(30-48(46)59-8)61-32-34(3)4/h9-30,33-34H,31-32H2,1-8H3. The lowest BCUT2D eigenvalue weighted by molar-refractivity contribution is 0.0717. The molecule has 0 amide bonds. The largest absolute Gasteiger partial charge is 0.496 e. The number of esters is 4. The fourth-order valence-corrected chi connectivity index (χ4v) is 6.41. The average molecular weight is 881 g/mol. The summed E-state index contributed by atoms with van der Waals surface area (Å²) >= 11 is 0. The second-order valence-electron chi connectivity index (χ2n) is 16.4. The van der Waals surface area contributed by atoms with E-state index < -0.39 is 29.3 Å². The van der Waals surface area contributed by atoms with Crippen LogP contribution in [0.1, 0.15) is 94.1 Å². The third-order valence-electron chi connectivity index (χ3n) is 10.1. The number of ether oxygens (including phenoxy) is 8. The van der Waals surface area contributed by atoms with Crippen LogP contribution in [-0.2, 0) is 5.41 Å². The number of carbonyl (C=O) groups is 4. The van der Waals surface area contributed by atoms with Gasteiger partial charge in [-0.15, -0.1) is 0 Å². The Morgan fingerprint density at radius 3 is 1.02 bits per heavy atom. The predicted octanol–water partition coefficient (Wildman–Crippen LogP) is 11.0. The molecule has 0 atom stereocenters. The normalized spacial score (nSPS) is 11.1. The van der Waals surface area contributed by atoms with Gasteiger partial charge in [-0.25, -0.2) is 19.2 Å². The minimum atomic E-state index is -0.620. The Bertz CT molecular complexity index is 2410. The third kappa shape index (κ3) is 12.3. The molecule has 0 aliphatic carbocycles. The van der Waals surface area contributed by atoms with Crippen LogP contribution in [0.3, 0.4) is 0 Å². The average Bonchev–Trinajstić information content (AvgIpc) is 3.30. The van der Waals surface area contributed by atoms with Crippen molar-refractivity contribution in [1.82, 2.24) is 0 Å². The van der Waals surface area contributed by atoms with Gasteiger partial charge >= 0.3 is 23.9 Å². The van der Waals surface area contributed by atoms with Crippen molar-refractivity contribution in [3.8, 4) is 46.0 Å². The van der Waals surface area contributed by atoms with Crippen molar-refractivity contribution in [3.63, 3.8) is 0 Å². The number of carbonyl (C=O) groups excluding carboxylic acids is 4. The van der Waals surface area contributed by atoms with Gasteiger partial charge < -0.3 is 37.9 Å². The summed E-state index contributed by atoms with van der Waals surface area (Å²) in [5.74, 6) is 1.27. The van der Waals surface area contributed by atoms with E-state index in [0.717, 1.165) is 11.1 Å². The maximum absolute atomic E-state index is 13.0. The predicted molar refractivity (Wildman–Crippen MR) is 244 cm³/mol. The molecule has 6 aromatic carbocycles. The van der Waals surface area contributed by atoms with E-state index >= 15 is 0 Å². The highest BCUT2D eigenvalue weighted by molar-refractivity contribution is 5.96. The minimum Gasteiger partial charge on any atom is -0.496 e. The van der Waals surface area contributed by atoms with Crippen molar-refractivity contribution in [2.45, 2.75) is 47.0 Å². The zero-order valence-electron chi connectivity index (χ0n) is 37.7. The fourth-order valence-electron chi connectivity index (χ4n) is 6.41. The van der Waals surface area contributed by atoms with E-state index in [-0.39, 0.29) is 33.8 Å². The van der Waals surface area contributed by atoms with Gasteiger partial charge in [0.2, 0.25) is 0 Å². The molecular formula is C53H52O12. The molecular weight excluding hydrogens is 829 g/mol. The van der Waals surface area contributed by atoms with Gasteiger partial charge in [-0.1, -0.05) is 65.8 Å². The van der Waals surface area contributed by atoms with E-state index in [1.54, 1.807) is 60.7 Å². The summed E-state index contributed by atoms with van der Waals surface area (Å²) in [4.78, 5) is 52.0. The molecule has 0 aromatic heterocycles. The van der Waals surface area contributed by atoms with Gasteiger partial charge in [0.05, 0.1) is 38.6 Å². The fraction of sp³-hybridized carbons (Fsp3) is 0.245. The molecule has 0 aliphatic heterocycles. The molecule has 336 valence electrons. The van der Waals surface area contributed by atoms with Crippen molar-refractivity contribution < 1.29 is 57.1 Å². The van der Waals surface area contributed by atoms with E-state index in [2.05, 4.69) is 13.8 Å². The lowest BCUT2D eigenvalue weighted by Crippen LogP contribution is -2.19. The molecule has 6 aromatic rings. The smallest absolute Gasteiger partial charge is 0.347 e. The van der Waals surface area contributed by atoms with Crippen LogP contribution in [0.4, 0.5) is 0 Å². The lowest BCUT2D eigenvalue weighted by atomic mass is 9.78. The van der Waals surface area contributed by atoms with E-state index in [1.807, 2.05) is 52.0 Å². The number of hydrogen-bond acceptors (Lipinski definition) is 12. The molecule has 12 nitrogen and oxygen atoms in total. The topological polar surface area (TPSA) is 142 Å².